The average Bonchev–Trinajstić information content (AvgIpc) is 3.28. The van der Waals surface area contributed by atoms with Crippen LogP contribution in [0.3, 0.4) is 0 Å². The number of halogens is 1. The van der Waals surface area contributed by atoms with Gasteiger partial charge in [-0.2, -0.15) is 10.3 Å². The zero-order valence-electron chi connectivity index (χ0n) is 17.5. The quantitative estimate of drug-likeness (QED) is 0.351. The Morgan fingerprint density at radius 1 is 1.00 bits per heavy atom. The van der Waals surface area contributed by atoms with E-state index in [1.165, 1.54) is 22.3 Å². The van der Waals surface area contributed by atoms with E-state index >= 15 is 0 Å². The highest BCUT2D eigenvalue weighted by atomic mass is 35.5. The lowest BCUT2D eigenvalue weighted by atomic mass is 9.84. The summed E-state index contributed by atoms with van der Waals surface area (Å²) in [4.78, 5) is 0. The topological polar surface area (TPSA) is 39.5 Å². The van der Waals surface area contributed by atoms with Gasteiger partial charge in [0.1, 0.15) is 5.54 Å². The molecule has 0 radical (unpaired) electrons. The zero-order chi connectivity index (χ0) is 21.4. The Morgan fingerprint density at radius 2 is 1.61 bits per heavy atom. The molecule has 3 aromatic rings. The second-order valence-corrected chi connectivity index (χ2v) is 8.50. The SMILES string of the molecule is CCCCOC1CC2(c3ccccc3-c3ccccc32)N(c2ccc(Cl)cc2)N1C#N. The van der Waals surface area contributed by atoms with Gasteiger partial charge in [0, 0.05) is 18.1 Å². The lowest BCUT2D eigenvalue weighted by Crippen LogP contribution is -2.47. The van der Waals surface area contributed by atoms with Gasteiger partial charge in [0.15, 0.2) is 6.23 Å². The van der Waals surface area contributed by atoms with E-state index in [1.54, 1.807) is 5.01 Å². The van der Waals surface area contributed by atoms with Crippen molar-refractivity contribution in [1.29, 1.82) is 5.26 Å². The second kappa shape index (κ2) is 7.92. The third-order valence-electron chi connectivity index (χ3n) is 6.34. The van der Waals surface area contributed by atoms with Gasteiger partial charge in [-0.25, -0.2) is 0 Å². The van der Waals surface area contributed by atoms with Crippen LogP contribution in [0.25, 0.3) is 11.1 Å². The summed E-state index contributed by atoms with van der Waals surface area (Å²) in [5, 5.41) is 14.7. The van der Waals surface area contributed by atoms with Gasteiger partial charge in [-0.05, 0) is 52.9 Å². The van der Waals surface area contributed by atoms with Crippen LogP contribution in [-0.4, -0.2) is 17.8 Å². The lowest BCUT2D eigenvalue weighted by Gasteiger charge is -2.40. The maximum absolute atomic E-state index is 10.2. The highest BCUT2D eigenvalue weighted by Gasteiger charge is 2.57. The van der Waals surface area contributed by atoms with Gasteiger partial charge in [-0.1, -0.05) is 73.5 Å². The van der Waals surface area contributed by atoms with E-state index in [2.05, 4.69) is 66.7 Å². The first-order chi connectivity index (χ1) is 15.2. The minimum Gasteiger partial charge on any atom is -0.356 e. The second-order valence-electron chi connectivity index (χ2n) is 8.07. The maximum atomic E-state index is 10.2. The maximum Gasteiger partial charge on any atom is 0.202 e. The Hall–Kier alpha value is -3.00. The van der Waals surface area contributed by atoms with E-state index in [0.29, 0.717) is 18.1 Å². The average molecular weight is 430 g/mol. The molecule has 5 rings (SSSR count). The first kappa shape index (κ1) is 19.9. The van der Waals surface area contributed by atoms with Crippen molar-refractivity contribution in [3.63, 3.8) is 0 Å². The summed E-state index contributed by atoms with van der Waals surface area (Å²) in [7, 11) is 0. The number of hydrazine groups is 1. The molecular formula is C26H24ClN3O. The first-order valence-electron chi connectivity index (χ1n) is 10.8. The molecule has 1 atom stereocenters. The predicted octanol–water partition coefficient (Wildman–Crippen LogP) is 6.32. The summed E-state index contributed by atoms with van der Waals surface area (Å²) in [6, 6.07) is 24.7. The van der Waals surface area contributed by atoms with Gasteiger partial charge in [0.2, 0.25) is 6.19 Å². The number of rotatable bonds is 5. The monoisotopic (exact) mass is 429 g/mol. The molecule has 5 heteroatoms. The van der Waals surface area contributed by atoms with E-state index in [9.17, 15) is 5.26 Å². The Kier molecular flexibility index (Phi) is 5.09. The van der Waals surface area contributed by atoms with Crippen LogP contribution in [-0.2, 0) is 10.3 Å². The smallest absolute Gasteiger partial charge is 0.202 e. The van der Waals surface area contributed by atoms with Crippen molar-refractivity contribution in [2.45, 2.75) is 38.0 Å². The van der Waals surface area contributed by atoms with Crippen LogP contribution in [0.15, 0.2) is 72.8 Å². The summed E-state index contributed by atoms with van der Waals surface area (Å²) in [6.07, 6.45) is 4.77. The molecule has 1 saturated heterocycles. The normalized spacial score (nSPS) is 18.2. The molecule has 1 unspecified atom stereocenters. The van der Waals surface area contributed by atoms with E-state index < -0.39 is 5.54 Å². The van der Waals surface area contributed by atoms with Crippen molar-refractivity contribution >= 4 is 17.3 Å². The van der Waals surface area contributed by atoms with Crippen molar-refractivity contribution in [2.24, 2.45) is 0 Å². The summed E-state index contributed by atoms with van der Waals surface area (Å²) in [6.45, 7) is 2.78. The van der Waals surface area contributed by atoms with Crippen LogP contribution < -0.4 is 5.01 Å². The summed E-state index contributed by atoms with van der Waals surface area (Å²) < 4.78 is 6.27. The first-order valence-corrected chi connectivity index (χ1v) is 11.1. The number of hydrogen-bond acceptors (Lipinski definition) is 4. The number of nitrogens with zero attached hydrogens (tertiary/aromatic N) is 3. The highest BCUT2D eigenvalue weighted by molar-refractivity contribution is 6.30. The number of unbranched alkanes of at least 4 members (excludes halogenated alkanes) is 1. The summed E-state index contributed by atoms with van der Waals surface area (Å²) in [5.74, 6) is 0. The number of ether oxygens (including phenoxy) is 1. The fourth-order valence-electron chi connectivity index (χ4n) is 5.02. The molecule has 4 nitrogen and oxygen atoms in total. The number of benzene rings is 3. The van der Waals surface area contributed by atoms with Crippen LogP contribution in [0, 0.1) is 11.5 Å². The molecular weight excluding hydrogens is 406 g/mol. The molecule has 2 aliphatic rings. The van der Waals surface area contributed by atoms with Crippen LogP contribution >= 0.6 is 11.6 Å². The van der Waals surface area contributed by atoms with Gasteiger partial charge < -0.3 is 4.74 Å². The molecule has 31 heavy (non-hydrogen) atoms. The standard InChI is InChI=1S/C26H24ClN3O/c1-2-3-16-31-25-17-26(30(29(25)18-28)20-14-12-19(27)13-15-20)23-10-6-4-8-21(23)22-9-5-7-11-24(22)26/h4-15,25H,2-3,16-17H2,1H3. The molecule has 1 aliphatic carbocycles. The van der Waals surface area contributed by atoms with Crippen molar-refractivity contribution in [3.05, 3.63) is 88.9 Å². The van der Waals surface area contributed by atoms with Gasteiger partial charge in [-0.15, -0.1) is 0 Å². The van der Waals surface area contributed by atoms with Crippen molar-refractivity contribution in [2.75, 3.05) is 11.6 Å². The van der Waals surface area contributed by atoms with Crippen molar-refractivity contribution in [1.82, 2.24) is 5.01 Å². The fraction of sp³-hybridized carbons (Fsp3) is 0.269. The molecule has 156 valence electrons. The van der Waals surface area contributed by atoms with E-state index in [4.69, 9.17) is 16.3 Å². The van der Waals surface area contributed by atoms with Gasteiger partial charge in [-0.3, -0.25) is 5.01 Å². The van der Waals surface area contributed by atoms with Gasteiger partial charge >= 0.3 is 0 Å². The molecule has 0 saturated carbocycles. The third-order valence-corrected chi connectivity index (χ3v) is 6.59. The molecule has 1 heterocycles. The van der Waals surface area contributed by atoms with Gasteiger partial charge in [0.25, 0.3) is 0 Å². The summed E-state index contributed by atoms with van der Waals surface area (Å²) >= 11 is 6.19. The Balaban J connectivity index is 1.73. The highest BCUT2D eigenvalue weighted by Crippen LogP contribution is 2.58. The molecule has 1 aliphatic heterocycles. The molecule has 1 fully saturated rings. The van der Waals surface area contributed by atoms with Crippen molar-refractivity contribution < 1.29 is 4.74 Å². The Bertz CT molecular complexity index is 1090. The Labute approximate surface area is 188 Å². The number of fused-ring (bicyclic) bond motifs is 5. The molecule has 0 amide bonds. The molecule has 3 aromatic carbocycles. The van der Waals surface area contributed by atoms with E-state index in [-0.39, 0.29) is 6.23 Å². The van der Waals surface area contributed by atoms with E-state index in [1.807, 2.05) is 24.3 Å². The number of anilines is 1. The zero-order valence-corrected chi connectivity index (χ0v) is 18.2. The summed E-state index contributed by atoms with van der Waals surface area (Å²) in [5.41, 5.74) is 5.22. The minimum absolute atomic E-state index is 0.341. The van der Waals surface area contributed by atoms with Crippen LogP contribution in [0.2, 0.25) is 5.02 Å². The molecule has 1 spiro atoms. The van der Waals surface area contributed by atoms with Crippen LogP contribution in [0.1, 0.15) is 37.3 Å². The van der Waals surface area contributed by atoms with Crippen LogP contribution in [0.4, 0.5) is 5.69 Å². The predicted molar refractivity (Wildman–Crippen MR) is 123 cm³/mol. The number of hydrogen-bond donors (Lipinski definition) is 0. The molecule has 0 aromatic heterocycles. The largest absolute Gasteiger partial charge is 0.356 e. The third kappa shape index (κ3) is 3.00. The van der Waals surface area contributed by atoms with Crippen LogP contribution in [0.5, 0.6) is 0 Å². The lowest BCUT2D eigenvalue weighted by molar-refractivity contribution is -0.0151. The molecule has 0 bridgehead atoms. The number of nitriles is 1. The molecule has 0 N–H and O–H groups in total. The minimum atomic E-state index is -0.520. The fourth-order valence-corrected chi connectivity index (χ4v) is 5.14. The Morgan fingerprint density at radius 3 is 2.19 bits per heavy atom. The van der Waals surface area contributed by atoms with Gasteiger partial charge in [0.05, 0.1) is 5.69 Å². The van der Waals surface area contributed by atoms with E-state index in [0.717, 1.165) is 18.5 Å². The van der Waals surface area contributed by atoms with Crippen molar-refractivity contribution in [3.8, 4) is 17.3 Å².